The highest BCUT2D eigenvalue weighted by atomic mass is 35.5. The first-order chi connectivity index (χ1) is 13.7. The molecule has 10 heteroatoms. The average molecular weight is 436 g/mol. The van der Waals surface area contributed by atoms with E-state index in [1.807, 2.05) is 0 Å². The van der Waals surface area contributed by atoms with E-state index in [-0.39, 0.29) is 10.8 Å². The van der Waals surface area contributed by atoms with Crippen molar-refractivity contribution in [1.29, 1.82) is 0 Å². The highest BCUT2D eigenvalue weighted by Crippen LogP contribution is 2.22. The molecule has 8 nitrogen and oxygen atoms in total. The molecule has 1 amide bonds. The zero-order chi connectivity index (χ0) is 21.1. The topological polar surface area (TPSA) is 110 Å². The number of halogens is 2. The molecule has 1 heterocycles. The third kappa shape index (κ3) is 4.85. The smallest absolute Gasteiger partial charge is 0.328 e. The lowest BCUT2D eigenvalue weighted by Gasteiger charge is -2.14. The number of nitrogens with one attached hydrogen (secondary N) is 2. The Labute approximate surface area is 174 Å². The number of ether oxygens (including phenoxy) is 1. The van der Waals surface area contributed by atoms with Gasteiger partial charge in [0, 0.05) is 15.7 Å². The summed E-state index contributed by atoms with van der Waals surface area (Å²) in [5.41, 5.74) is -0.732. The lowest BCUT2D eigenvalue weighted by Crippen LogP contribution is -2.35. The van der Waals surface area contributed by atoms with Crippen molar-refractivity contribution in [2.75, 3.05) is 5.32 Å². The molecular weight excluding hydrogens is 421 g/mol. The Morgan fingerprint density at radius 3 is 2.38 bits per heavy atom. The van der Waals surface area contributed by atoms with Crippen molar-refractivity contribution in [1.82, 2.24) is 9.78 Å². The van der Waals surface area contributed by atoms with E-state index in [9.17, 15) is 19.2 Å². The van der Waals surface area contributed by atoms with E-state index in [0.29, 0.717) is 15.7 Å². The zero-order valence-corrected chi connectivity index (χ0v) is 16.6. The van der Waals surface area contributed by atoms with Gasteiger partial charge in [0.1, 0.15) is 6.54 Å². The fourth-order valence-electron chi connectivity index (χ4n) is 2.64. The van der Waals surface area contributed by atoms with E-state index >= 15 is 0 Å². The first-order valence-electron chi connectivity index (χ1n) is 8.43. The molecule has 1 atom stereocenters. The first-order valence-corrected chi connectivity index (χ1v) is 9.18. The minimum absolute atomic E-state index is 0.174. The number of carbonyl (C=O) groups is 2. The van der Waals surface area contributed by atoms with Gasteiger partial charge in [-0.3, -0.25) is 24.3 Å². The van der Waals surface area contributed by atoms with Crippen LogP contribution in [0.4, 0.5) is 5.69 Å². The quantitative estimate of drug-likeness (QED) is 0.598. The Hall–Kier alpha value is -3.10. The van der Waals surface area contributed by atoms with Gasteiger partial charge in [0.05, 0.1) is 10.8 Å². The maximum Gasteiger partial charge on any atom is 0.328 e. The van der Waals surface area contributed by atoms with Crippen LogP contribution in [0.3, 0.4) is 0 Å². The van der Waals surface area contributed by atoms with E-state index in [1.165, 1.54) is 37.3 Å². The number of carbonyl (C=O) groups excluding carboxylic acids is 2. The van der Waals surface area contributed by atoms with Crippen LogP contribution < -0.4 is 16.4 Å². The number of amides is 1. The SMILES string of the molecule is CC(OC(=O)Cn1[nH]c(=O)c2ccccc2c1=O)C(=O)Nc1cc(Cl)cc(Cl)c1. The minimum Gasteiger partial charge on any atom is -0.451 e. The van der Waals surface area contributed by atoms with Crippen molar-refractivity contribution in [3.05, 3.63) is 73.2 Å². The summed E-state index contributed by atoms with van der Waals surface area (Å²) in [6.45, 7) is 0.810. The fourth-order valence-corrected chi connectivity index (χ4v) is 3.17. The predicted octanol–water partition coefficient (Wildman–Crippen LogP) is 2.57. The highest BCUT2D eigenvalue weighted by molar-refractivity contribution is 6.35. The number of fused-ring (bicyclic) bond motifs is 1. The van der Waals surface area contributed by atoms with E-state index in [2.05, 4.69) is 10.4 Å². The van der Waals surface area contributed by atoms with Crippen molar-refractivity contribution in [2.45, 2.75) is 19.6 Å². The molecular formula is C19H15Cl2N3O5. The standard InChI is InChI=1S/C19H15Cl2N3O5/c1-10(17(26)22-13-7-11(20)6-12(21)8-13)29-16(25)9-24-19(28)15-5-3-2-4-14(15)18(27)23-24/h2-8,10H,9H2,1H3,(H,22,26)(H,23,27). The maximum atomic E-state index is 12.4. The number of hydrogen-bond acceptors (Lipinski definition) is 5. The summed E-state index contributed by atoms with van der Waals surface area (Å²) >= 11 is 11.7. The van der Waals surface area contributed by atoms with E-state index in [0.717, 1.165) is 4.68 Å². The summed E-state index contributed by atoms with van der Waals surface area (Å²) in [5.74, 6) is -1.49. The molecule has 3 rings (SSSR count). The van der Waals surface area contributed by atoms with Gasteiger partial charge >= 0.3 is 5.97 Å². The van der Waals surface area contributed by atoms with Gasteiger partial charge in [-0.2, -0.15) is 0 Å². The van der Waals surface area contributed by atoms with E-state index in [1.54, 1.807) is 12.1 Å². The van der Waals surface area contributed by atoms with E-state index < -0.39 is 35.6 Å². The molecule has 29 heavy (non-hydrogen) atoms. The maximum absolute atomic E-state index is 12.4. The second-order valence-electron chi connectivity index (χ2n) is 6.16. The van der Waals surface area contributed by atoms with Gasteiger partial charge in [0.25, 0.3) is 17.0 Å². The third-order valence-corrected chi connectivity index (χ3v) is 4.41. The van der Waals surface area contributed by atoms with Gasteiger partial charge in [0.15, 0.2) is 6.10 Å². The van der Waals surface area contributed by atoms with Crippen LogP contribution in [-0.4, -0.2) is 27.8 Å². The lowest BCUT2D eigenvalue weighted by molar-refractivity contribution is -0.154. The molecule has 0 saturated heterocycles. The summed E-state index contributed by atoms with van der Waals surface area (Å²) in [6.07, 6.45) is -1.16. The van der Waals surface area contributed by atoms with Crippen LogP contribution >= 0.6 is 23.2 Å². The Morgan fingerprint density at radius 1 is 1.10 bits per heavy atom. The number of esters is 1. The average Bonchev–Trinajstić information content (AvgIpc) is 2.65. The van der Waals surface area contributed by atoms with Crippen molar-refractivity contribution in [3.8, 4) is 0 Å². The molecule has 150 valence electrons. The Bertz CT molecular complexity index is 1200. The highest BCUT2D eigenvalue weighted by Gasteiger charge is 2.19. The molecule has 0 bridgehead atoms. The number of hydrogen-bond donors (Lipinski definition) is 2. The zero-order valence-electron chi connectivity index (χ0n) is 15.1. The minimum atomic E-state index is -1.16. The molecule has 1 unspecified atom stereocenters. The second-order valence-corrected chi connectivity index (χ2v) is 7.03. The predicted molar refractivity (Wildman–Crippen MR) is 109 cm³/mol. The van der Waals surface area contributed by atoms with Crippen LogP contribution in [0.25, 0.3) is 10.8 Å². The molecule has 2 N–H and O–H groups in total. The molecule has 0 saturated carbocycles. The molecule has 1 aromatic heterocycles. The van der Waals surface area contributed by atoms with Crippen molar-refractivity contribution in [3.63, 3.8) is 0 Å². The van der Waals surface area contributed by atoms with Gasteiger partial charge in [-0.25, -0.2) is 4.68 Å². The monoisotopic (exact) mass is 435 g/mol. The van der Waals surface area contributed by atoms with Crippen molar-refractivity contribution in [2.24, 2.45) is 0 Å². The number of aromatic amines is 1. The van der Waals surface area contributed by atoms with Crippen LogP contribution in [-0.2, 0) is 20.9 Å². The molecule has 2 aromatic carbocycles. The Kier molecular flexibility index (Phi) is 6.05. The van der Waals surface area contributed by atoms with Crippen LogP contribution in [0.5, 0.6) is 0 Å². The van der Waals surface area contributed by atoms with Gasteiger partial charge in [-0.1, -0.05) is 35.3 Å². The number of H-pyrrole nitrogens is 1. The molecule has 3 aromatic rings. The summed E-state index contributed by atoms with van der Waals surface area (Å²) in [6, 6.07) is 10.7. The fraction of sp³-hybridized carbons (Fsp3) is 0.158. The summed E-state index contributed by atoms with van der Waals surface area (Å²) in [7, 11) is 0. The van der Waals surface area contributed by atoms with Crippen LogP contribution in [0.2, 0.25) is 10.0 Å². The molecule has 0 radical (unpaired) electrons. The molecule has 0 aliphatic carbocycles. The van der Waals surface area contributed by atoms with Crippen LogP contribution in [0.1, 0.15) is 6.92 Å². The molecule has 0 aliphatic heterocycles. The normalized spacial score (nSPS) is 11.8. The van der Waals surface area contributed by atoms with Crippen LogP contribution in [0.15, 0.2) is 52.1 Å². The lowest BCUT2D eigenvalue weighted by atomic mass is 10.2. The first kappa shape index (κ1) is 20.6. The number of aromatic nitrogens is 2. The van der Waals surface area contributed by atoms with Crippen molar-refractivity contribution < 1.29 is 14.3 Å². The van der Waals surface area contributed by atoms with Gasteiger partial charge in [0.2, 0.25) is 0 Å². The largest absolute Gasteiger partial charge is 0.451 e. The Balaban J connectivity index is 1.69. The third-order valence-electron chi connectivity index (χ3n) is 3.98. The number of anilines is 1. The van der Waals surface area contributed by atoms with Crippen LogP contribution in [0, 0.1) is 0 Å². The number of rotatable bonds is 5. The molecule has 0 fully saturated rings. The van der Waals surface area contributed by atoms with E-state index in [4.69, 9.17) is 27.9 Å². The molecule has 0 spiro atoms. The summed E-state index contributed by atoms with van der Waals surface area (Å²) < 4.78 is 5.90. The number of benzene rings is 2. The van der Waals surface area contributed by atoms with Gasteiger partial charge < -0.3 is 10.1 Å². The number of nitrogens with zero attached hydrogens (tertiary/aromatic N) is 1. The Morgan fingerprint density at radius 2 is 1.72 bits per heavy atom. The second kappa shape index (κ2) is 8.50. The van der Waals surface area contributed by atoms with Crippen molar-refractivity contribution >= 4 is 51.5 Å². The molecule has 0 aliphatic rings. The van der Waals surface area contributed by atoms with Gasteiger partial charge in [-0.05, 0) is 37.3 Å². The summed E-state index contributed by atoms with van der Waals surface area (Å²) in [5, 5.41) is 5.90. The van der Waals surface area contributed by atoms with Gasteiger partial charge in [-0.15, -0.1) is 0 Å². The summed E-state index contributed by atoms with van der Waals surface area (Å²) in [4.78, 5) is 48.9.